The van der Waals surface area contributed by atoms with Crippen LogP contribution in [0, 0.1) is 17.3 Å². The van der Waals surface area contributed by atoms with Gasteiger partial charge in [-0.3, -0.25) is 4.79 Å². The minimum atomic E-state index is -0.101. The fourth-order valence-electron chi connectivity index (χ4n) is 3.31. The van der Waals surface area contributed by atoms with Gasteiger partial charge in [-0.15, -0.1) is 6.58 Å². The largest absolute Gasteiger partial charge is 0.299 e. The second-order valence-corrected chi connectivity index (χ2v) is 5.25. The molecule has 0 unspecified atom stereocenters. The van der Waals surface area contributed by atoms with Gasteiger partial charge in [0.05, 0.1) is 0 Å². The number of rotatable bonds is 1. The quantitative estimate of drug-likeness (QED) is 0.597. The number of hydrogen-bond acceptors (Lipinski definition) is 1. The fourth-order valence-corrected chi connectivity index (χ4v) is 3.31. The van der Waals surface area contributed by atoms with E-state index >= 15 is 0 Å². The standard InChI is InChI=1S/C14H20O/c1-4-11-10(2)8-9-14(3)12(11)6-5-7-13(14)15/h4,8,11-12H,1,5-7,9H2,2-3H3/t11-,12+,14+/m0/s1. The maximum atomic E-state index is 12.1. The van der Waals surface area contributed by atoms with Crippen LogP contribution in [0.5, 0.6) is 0 Å². The van der Waals surface area contributed by atoms with Crippen LogP contribution in [0.25, 0.3) is 0 Å². The molecule has 0 aliphatic heterocycles. The van der Waals surface area contributed by atoms with Crippen molar-refractivity contribution in [1.82, 2.24) is 0 Å². The van der Waals surface area contributed by atoms with Gasteiger partial charge < -0.3 is 0 Å². The van der Waals surface area contributed by atoms with Crippen LogP contribution in [-0.2, 0) is 4.79 Å². The molecule has 1 nitrogen and oxygen atoms in total. The van der Waals surface area contributed by atoms with Crippen molar-refractivity contribution in [3.05, 3.63) is 24.3 Å². The first-order valence-corrected chi connectivity index (χ1v) is 5.92. The van der Waals surface area contributed by atoms with E-state index in [4.69, 9.17) is 0 Å². The molecule has 1 saturated carbocycles. The summed E-state index contributed by atoms with van der Waals surface area (Å²) in [4.78, 5) is 12.1. The van der Waals surface area contributed by atoms with Gasteiger partial charge >= 0.3 is 0 Å². The summed E-state index contributed by atoms with van der Waals surface area (Å²) in [6, 6.07) is 0. The molecule has 15 heavy (non-hydrogen) atoms. The van der Waals surface area contributed by atoms with Crippen molar-refractivity contribution >= 4 is 5.78 Å². The van der Waals surface area contributed by atoms with Gasteiger partial charge in [0.25, 0.3) is 0 Å². The minimum Gasteiger partial charge on any atom is -0.299 e. The van der Waals surface area contributed by atoms with Crippen LogP contribution in [0.2, 0.25) is 0 Å². The van der Waals surface area contributed by atoms with Gasteiger partial charge in [-0.25, -0.2) is 0 Å². The Morgan fingerprint density at radius 1 is 1.60 bits per heavy atom. The van der Waals surface area contributed by atoms with E-state index in [9.17, 15) is 4.79 Å². The van der Waals surface area contributed by atoms with Crippen LogP contribution in [0.15, 0.2) is 24.3 Å². The van der Waals surface area contributed by atoms with Crippen molar-refractivity contribution in [2.45, 2.75) is 39.5 Å². The normalized spacial score (nSPS) is 40.7. The number of Topliss-reactive ketones (excluding diaryl/α,β-unsaturated/α-hetero) is 1. The Morgan fingerprint density at radius 2 is 2.33 bits per heavy atom. The molecule has 0 amide bonds. The molecule has 0 aromatic rings. The second-order valence-electron chi connectivity index (χ2n) is 5.25. The van der Waals surface area contributed by atoms with Gasteiger partial charge in [-0.05, 0) is 32.1 Å². The molecule has 0 aromatic heterocycles. The number of carbonyl (C=O) groups is 1. The van der Waals surface area contributed by atoms with Crippen LogP contribution in [0.4, 0.5) is 0 Å². The third kappa shape index (κ3) is 1.49. The summed E-state index contributed by atoms with van der Waals surface area (Å²) in [7, 11) is 0. The predicted molar refractivity (Wildman–Crippen MR) is 62.5 cm³/mol. The van der Waals surface area contributed by atoms with Gasteiger partial charge in [-0.2, -0.15) is 0 Å². The molecular formula is C14H20O. The number of ketones is 1. The van der Waals surface area contributed by atoms with Crippen molar-refractivity contribution in [3.8, 4) is 0 Å². The smallest absolute Gasteiger partial charge is 0.139 e. The topological polar surface area (TPSA) is 17.1 Å². The molecule has 2 rings (SSSR count). The molecule has 0 bridgehead atoms. The summed E-state index contributed by atoms with van der Waals surface area (Å²) in [5, 5.41) is 0. The lowest BCUT2D eigenvalue weighted by molar-refractivity contribution is -0.135. The molecular weight excluding hydrogens is 184 g/mol. The number of allylic oxidation sites excluding steroid dienone is 3. The van der Waals surface area contributed by atoms with E-state index in [2.05, 4.69) is 26.5 Å². The van der Waals surface area contributed by atoms with E-state index in [0.717, 1.165) is 19.3 Å². The lowest BCUT2D eigenvalue weighted by atomic mass is 9.57. The highest BCUT2D eigenvalue weighted by molar-refractivity contribution is 5.86. The monoisotopic (exact) mass is 204 g/mol. The molecule has 0 radical (unpaired) electrons. The zero-order valence-electron chi connectivity index (χ0n) is 9.75. The lowest BCUT2D eigenvalue weighted by Crippen LogP contribution is -2.44. The summed E-state index contributed by atoms with van der Waals surface area (Å²) in [5.41, 5.74) is 1.30. The highest BCUT2D eigenvalue weighted by atomic mass is 16.1. The second kappa shape index (κ2) is 3.62. The first kappa shape index (κ1) is 10.7. The molecule has 0 N–H and O–H groups in total. The van der Waals surface area contributed by atoms with Crippen LogP contribution < -0.4 is 0 Å². The van der Waals surface area contributed by atoms with Gasteiger partial charge in [0.15, 0.2) is 0 Å². The molecule has 3 atom stereocenters. The van der Waals surface area contributed by atoms with Crippen molar-refractivity contribution in [2.24, 2.45) is 17.3 Å². The van der Waals surface area contributed by atoms with E-state index < -0.39 is 0 Å². The van der Waals surface area contributed by atoms with Gasteiger partial charge in [0, 0.05) is 17.8 Å². The summed E-state index contributed by atoms with van der Waals surface area (Å²) < 4.78 is 0. The Bertz CT molecular complexity index is 326. The SMILES string of the molecule is C=C[C@H]1C(C)=CC[C@@]2(C)C(=O)CCC[C@H]12. The summed E-state index contributed by atoms with van der Waals surface area (Å²) in [5.74, 6) is 1.39. The Morgan fingerprint density at radius 3 is 3.00 bits per heavy atom. The zero-order valence-corrected chi connectivity index (χ0v) is 9.75. The first-order valence-electron chi connectivity index (χ1n) is 5.92. The predicted octanol–water partition coefficient (Wildman–Crippen LogP) is 3.51. The summed E-state index contributed by atoms with van der Waals surface area (Å²) in [6.45, 7) is 8.25. The van der Waals surface area contributed by atoms with E-state index in [-0.39, 0.29) is 5.41 Å². The average Bonchev–Trinajstić information content (AvgIpc) is 2.22. The lowest BCUT2D eigenvalue weighted by Gasteiger charge is -2.46. The van der Waals surface area contributed by atoms with Gasteiger partial charge in [-0.1, -0.05) is 24.6 Å². The minimum absolute atomic E-state index is 0.101. The molecule has 0 spiro atoms. The van der Waals surface area contributed by atoms with E-state index in [1.807, 2.05) is 6.08 Å². The average molecular weight is 204 g/mol. The Kier molecular flexibility index (Phi) is 2.57. The summed E-state index contributed by atoms with van der Waals surface area (Å²) >= 11 is 0. The number of carbonyl (C=O) groups excluding carboxylic acids is 1. The Balaban J connectivity index is 2.39. The maximum Gasteiger partial charge on any atom is 0.139 e. The molecule has 82 valence electrons. The van der Waals surface area contributed by atoms with Crippen LogP contribution in [-0.4, -0.2) is 5.78 Å². The van der Waals surface area contributed by atoms with Crippen LogP contribution in [0.1, 0.15) is 39.5 Å². The Labute approximate surface area is 92.3 Å². The number of hydrogen-bond donors (Lipinski definition) is 0. The third-order valence-electron chi connectivity index (χ3n) is 4.44. The molecule has 0 aromatic carbocycles. The molecule has 1 fully saturated rings. The molecule has 0 saturated heterocycles. The Hall–Kier alpha value is -0.850. The van der Waals surface area contributed by atoms with Crippen LogP contribution in [0.3, 0.4) is 0 Å². The van der Waals surface area contributed by atoms with E-state index in [1.165, 1.54) is 12.0 Å². The molecule has 0 heterocycles. The van der Waals surface area contributed by atoms with Crippen molar-refractivity contribution in [3.63, 3.8) is 0 Å². The fraction of sp³-hybridized carbons (Fsp3) is 0.643. The van der Waals surface area contributed by atoms with Gasteiger partial charge in [0.1, 0.15) is 5.78 Å². The van der Waals surface area contributed by atoms with E-state index in [1.54, 1.807) is 0 Å². The zero-order chi connectivity index (χ0) is 11.1. The van der Waals surface area contributed by atoms with Gasteiger partial charge in [0.2, 0.25) is 0 Å². The summed E-state index contributed by atoms with van der Waals surface area (Å²) in [6.07, 6.45) is 8.25. The maximum absolute atomic E-state index is 12.1. The van der Waals surface area contributed by atoms with Crippen molar-refractivity contribution in [1.29, 1.82) is 0 Å². The third-order valence-corrected chi connectivity index (χ3v) is 4.44. The highest BCUT2D eigenvalue weighted by Crippen LogP contribution is 2.50. The van der Waals surface area contributed by atoms with Crippen molar-refractivity contribution in [2.75, 3.05) is 0 Å². The molecule has 2 aliphatic rings. The molecule has 1 heteroatoms. The van der Waals surface area contributed by atoms with E-state index in [0.29, 0.717) is 17.6 Å². The number of fused-ring (bicyclic) bond motifs is 1. The molecule has 2 aliphatic carbocycles. The highest BCUT2D eigenvalue weighted by Gasteiger charge is 2.47. The van der Waals surface area contributed by atoms with Crippen molar-refractivity contribution < 1.29 is 4.79 Å². The first-order chi connectivity index (χ1) is 7.09. The van der Waals surface area contributed by atoms with Crippen LogP contribution >= 0.6 is 0 Å².